The van der Waals surface area contributed by atoms with E-state index in [1.165, 1.54) is 0 Å². The van der Waals surface area contributed by atoms with Gasteiger partial charge < -0.3 is 15.8 Å². The summed E-state index contributed by atoms with van der Waals surface area (Å²) in [5, 5.41) is 2.65. The quantitative estimate of drug-likeness (QED) is 0.762. The van der Waals surface area contributed by atoms with Gasteiger partial charge in [0.2, 0.25) is 0 Å². The maximum Gasteiger partial charge on any atom is 0.329 e. The Morgan fingerprint density at radius 2 is 2.00 bits per heavy atom. The predicted molar refractivity (Wildman–Crippen MR) is 70.6 cm³/mol. The van der Waals surface area contributed by atoms with E-state index >= 15 is 0 Å². The lowest BCUT2D eigenvalue weighted by molar-refractivity contribution is -0.118. The summed E-state index contributed by atoms with van der Waals surface area (Å²) in [4.78, 5) is 25.1. The van der Waals surface area contributed by atoms with E-state index in [4.69, 9.17) is 10.5 Å². The molecule has 3 N–H and O–H groups in total. The summed E-state index contributed by atoms with van der Waals surface area (Å²) in [6, 6.07) is 6.14. The van der Waals surface area contributed by atoms with Crippen molar-refractivity contribution < 1.29 is 14.3 Å². The molecule has 3 amide bonds. The Kier molecular flexibility index (Phi) is 4.13. The molecular weight excluding hydrogens is 246 g/mol. The Hall–Kier alpha value is -1.92. The third-order valence-corrected chi connectivity index (χ3v) is 3.06. The lowest BCUT2D eigenvalue weighted by Gasteiger charge is -2.13. The van der Waals surface area contributed by atoms with E-state index in [-0.39, 0.29) is 5.91 Å². The molecular formula is C13H17N3O3. The highest BCUT2D eigenvalue weighted by molar-refractivity contribution is 6.21. The number of nitrogens with two attached hydrogens (primary N) is 1. The number of nitrogens with zero attached hydrogens (tertiary/aromatic N) is 1. The Labute approximate surface area is 111 Å². The maximum atomic E-state index is 12.1. The topological polar surface area (TPSA) is 84.7 Å². The molecule has 6 nitrogen and oxygen atoms in total. The predicted octanol–water partition coefficient (Wildman–Crippen LogP) is 0.607. The molecule has 1 aromatic rings. The molecule has 1 atom stereocenters. The highest BCUT2D eigenvalue weighted by atomic mass is 16.5. The monoisotopic (exact) mass is 263 g/mol. The van der Waals surface area contributed by atoms with E-state index in [1.54, 1.807) is 31.4 Å². The van der Waals surface area contributed by atoms with E-state index in [0.29, 0.717) is 25.3 Å². The lowest BCUT2D eigenvalue weighted by Crippen LogP contribution is -2.31. The Morgan fingerprint density at radius 3 is 2.58 bits per heavy atom. The van der Waals surface area contributed by atoms with Crippen LogP contribution < -0.4 is 16.0 Å². The van der Waals surface area contributed by atoms with Crippen molar-refractivity contribution in [2.45, 2.75) is 19.0 Å². The van der Waals surface area contributed by atoms with Gasteiger partial charge >= 0.3 is 6.03 Å². The molecule has 1 aliphatic heterocycles. The van der Waals surface area contributed by atoms with E-state index < -0.39 is 12.1 Å². The maximum absolute atomic E-state index is 12.1. The van der Waals surface area contributed by atoms with Crippen LogP contribution in [0, 0.1) is 0 Å². The van der Waals surface area contributed by atoms with Gasteiger partial charge in [-0.25, -0.2) is 9.69 Å². The van der Waals surface area contributed by atoms with Crippen LogP contribution in [0.3, 0.4) is 0 Å². The van der Waals surface area contributed by atoms with Gasteiger partial charge in [0.05, 0.1) is 5.69 Å². The molecule has 0 radical (unpaired) electrons. The van der Waals surface area contributed by atoms with Crippen molar-refractivity contribution in [1.29, 1.82) is 0 Å². The largest absolute Gasteiger partial charge is 0.385 e. The van der Waals surface area contributed by atoms with Gasteiger partial charge in [-0.05, 0) is 17.7 Å². The van der Waals surface area contributed by atoms with Crippen LogP contribution in [0.1, 0.15) is 12.0 Å². The standard InChI is InChI=1S/C13H17N3O3/c1-19-7-6-11-12(17)16(13(18)15-11)10-4-2-9(8-14)3-5-10/h2-5,11H,6-8,14H2,1H3,(H,15,18). The number of urea groups is 1. The van der Waals surface area contributed by atoms with Crippen LogP contribution >= 0.6 is 0 Å². The summed E-state index contributed by atoms with van der Waals surface area (Å²) in [7, 11) is 1.56. The molecule has 102 valence electrons. The highest BCUT2D eigenvalue weighted by Gasteiger charge is 2.38. The number of ether oxygens (including phenoxy) is 1. The fourth-order valence-corrected chi connectivity index (χ4v) is 1.99. The van der Waals surface area contributed by atoms with Gasteiger partial charge in [-0.15, -0.1) is 0 Å². The summed E-state index contributed by atoms with van der Waals surface area (Å²) >= 11 is 0. The third kappa shape index (κ3) is 2.74. The summed E-state index contributed by atoms with van der Waals surface area (Å²) in [5.41, 5.74) is 7.02. The van der Waals surface area contributed by atoms with Gasteiger partial charge in [0.1, 0.15) is 6.04 Å². The van der Waals surface area contributed by atoms with Crippen LogP contribution in [0.15, 0.2) is 24.3 Å². The number of carbonyl (C=O) groups is 2. The van der Waals surface area contributed by atoms with Crippen molar-refractivity contribution in [3.05, 3.63) is 29.8 Å². The summed E-state index contributed by atoms with van der Waals surface area (Å²) in [6.45, 7) is 0.855. The fourth-order valence-electron chi connectivity index (χ4n) is 1.99. The van der Waals surface area contributed by atoms with Crippen LogP contribution in [0.2, 0.25) is 0 Å². The van der Waals surface area contributed by atoms with Crippen LogP contribution in [-0.2, 0) is 16.1 Å². The fraction of sp³-hybridized carbons (Fsp3) is 0.385. The molecule has 1 unspecified atom stereocenters. The first-order valence-electron chi connectivity index (χ1n) is 6.09. The zero-order chi connectivity index (χ0) is 13.8. The minimum atomic E-state index is -0.512. The van der Waals surface area contributed by atoms with Gasteiger partial charge in [0.25, 0.3) is 5.91 Å². The molecule has 0 aliphatic carbocycles. The first kappa shape index (κ1) is 13.5. The van der Waals surface area contributed by atoms with Gasteiger partial charge in [0, 0.05) is 26.7 Å². The second kappa shape index (κ2) is 5.81. The van der Waals surface area contributed by atoms with Crippen molar-refractivity contribution in [3.8, 4) is 0 Å². The molecule has 0 aromatic heterocycles. The van der Waals surface area contributed by atoms with Crippen LogP contribution in [-0.4, -0.2) is 31.7 Å². The number of imide groups is 1. The SMILES string of the molecule is COCCC1NC(=O)N(c2ccc(CN)cc2)C1=O. The second-order valence-corrected chi connectivity index (χ2v) is 4.33. The smallest absolute Gasteiger partial charge is 0.329 e. The number of anilines is 1. The average Bonchev–Trinajstić information content (AvgIpc) is 2.71. The molecule has 1 fully saturated rings. The Morgan fingerprint density at radius 1 is 1.32 bits per heavy atom. The van der Waals surface area contributed by atoms with E-state index in [2.05, 4.69) is 5.32 Å². The van der Waals surface area contributed by atoms with Gasteiger partial charge in [-0.3, -0.25) is 4.79 Å². The van der Waals surface area contributed by atoms with Gasteiger partial charge in [-0.1, -0.05) is 12.1 Å². The van der Waals surface area contributed by atoms with Crippen LogP contribution in [0.25, 0.3) is 0 Å². The van der Waals surface area contributed by atoms with Crippen molar-refractivity contribution in [2.75, 3.05) is 18.6 Å². The Bertz CT molecular complexity index is 473. The average molecular weight is 263 g/mol. The van der Waals surface area contributed by atoms with Crippen molar-refractivity contribution >= 4 is 17.6 Å². The molecule has 1 saturated heterocycles. The molecule has 0 saturated carbocycles. The van der Waals surface area contributed by atoms with Crippen molar-refractivity contribution in [1.82, 2.24) is 5.32 Å². The zero-order valence-corrected chi connectivity index (χ0v) is 10.8. The number of hydrogen-bond donors (Lipinski definition) is 2. The number of nitrogens with one attached hydrogen (secondary N) is 1. The molecule has 1 aromatic carbocycles. The van der Waals surface area contributed by atoms with E-state index in [0.717, 1.165) is 10.5 Å². The molecule has 2 rings (SSSR count). The normalized spacial score (nSPS) is 18.8. The third-order valence-electron chi connectivity index (χ3n) is 3.06. The summed E-state index contributed by atoms with van der Waals surface area (Å²) < 4.78 is 4.92. The molecule has 1 heterocycles. The first-order chi connectivity index (χ1) is 9.17. The molecule has 6 heteroatoms. The second-order valence-electron chi connectivity index (χ2n) is 4.33. The number of carbonyl (C=O) groups excluding carboxylic acids is 2. The van der Waals surface area contributed by atoms with Crippen LogP contribution in [0.5, 0.6) is 0 Å². The van der Waals surface area contributed by atoms with Crippen LogP contribution in [0.4, 0.5) is 10.5 Å². The number of methoxy groups -OCH3 is 1. The van der Waals surface area contributed by atoms with E-state index in [1.807, 2.05) is 0 Å². The number of benzene rings is 1. The molecule has 19 heavy (non-hydrogen) atoms. The Balaban J connectivity index is 2.14. The van der Waals surface area contributed by atoms with Gasteiger partial charge in [-0.2, -0.15) is 0 Å². The van der Waals surface area contributed by atoms with Crippen molar-refractivity contribution in [3.63, 3.8) is 0 Å². The lowest BCUT2D eigenvalue weighted by atomic mass is 10.2. The zero-order valence-electron chi connectivity index (χ0n) is 10.8. The highest BCUT2D eigenvalue weighted by Crippen LogP contribution is 2.21. The molecule has 0 spiro atoms. The number of hydrogen-bond acceptors (Lipinski definition) is 4. The minimum Gasteiger partial charge on any atom is -0.385 e. The van der Waals surface area contributed by atoms with Gasteiger partial charge in [0.15, 0.2) is 0 Å². The molecule has 1 aliphatic rings. The first-order valence-corrected chi connectivity index (χ1v) is 6.09. The number of amides is 3. The van der Waals surface area contributed by atoms with E-state index in [9.17, 15) is 9.59 Å². The minimum absolute atomic E-state index is 0.248. The molecule has 0 bridgehead atoms. The summed E-state index contributed by atoms with van der Waals surface area (Å²) in [5.74, 6) is -0.248. The summed E-state index contributed by atoms with van der Waals surface area (Å²) in [6.07, 6.45) is 0.471. The number of rotatable bonds is 5. The van der Waals surface area contributed by atoms with Crippen molar-refractivity contribution in [2.24, 2.45) is 5.73 Å².